The molecule has 0 aromatic heterocycles. The zero-order chi connectivity index (χ0) is 37.4. The van der Waals surface area contributed by atoms with Crippen LogP contribution < -0.4 is 9.75 Å². The van der Waals surface area contributed by atoms with Crippen molar-refractivity contribution in [2.75, 3.05) is 11.6 Å². The molecule has 0 saturated carbocycles. The van der Waals surface area contributed by atoms with E-state index in [4.69, 9.17) is 14.6 Å². The first-order valence-electron chi connectivity index (χ1n) is 22.6. The van der Waals surface area contributed by atoms with E-state index in [0.717, 1.165) is 42.9 Å². The van der Waals surface area contributed by atoms with Gasteiger partial charge < -0.3 is 9.47 Å². The number of nitrogens with zero attached hydrogens (tertiary/aromatic N) is 2. The average Bonchev–Trinajstić information content (AvgIpc) is 3.60. The zero-order valence-corrected chi connectivity index (χ0v) is 34.3. The van der Waals surface area contributed by atoms with Crippen molar-refractivity contribution >= 4 is 17.6 Å². The molecule has 0 saturated heterocycles. The number of carbonyl (C=O) groups excluding carboxylic acids is 1. The van der Waals surface area contributed by atoms with Crippen LogP contribution in [0, 0.1) is 0 Å². The summed E-state index contributed by atoms with van der Waals surface area (Å²) in [5.74, 6) is 1.23. The second-order valence-corrected chi connectivity index (χ2v) is 15.7. The van der Waals surface area contributed by atoms with E-state index in [9.17, 15) is 4.79 Å². The number of para-hydroxylation sites is 2. The molecule has 3 rings (SSSR count). The van der Waals surface area contributed by atoms with Gasteiger partial charge in [0.1, 0.15) is 5.75 Å². The smallest absolute Gasteiger partial charge is 0.312 e. The van der Waals surface area contributed by atoms with Crippen molar-refractivity contribution in [2.45, 2.75) is 213 Å². The third-order valence-corrected chi connectivity index (χ3v) is 10.9. The number of carbonyl (C=O) groups is 1. The molecule has 0 aliphatic carbocycles. The van der Waals surface area contributed by atoms with E-state index in [1.165, 1.54) is 161 Å². The second-order valence-electron chi connectivity index (χ2n) is 15.7. The van der Waals surface area contributed by atoms with Gasteiger partial charge in [-0.1, -0.05) is 217 Å². The number of benzene rings is 2. The molecule has 2 aromatic rings. The Kier molecular flexibility index (Phi) is 25.7. The van der Waals surface area contributed by atoms with Gasteiger partial charge in [0.2, 0.25) is 5.90 Å². The van der Waals surface area contributed by atoms with E-state index in [1.807, 2.05) is 29.3 Å². The summed E-state index contributed by atoms with van der Waals surface area (Å²) in [6, 6.07) is 18.4. The Hall–Kier alpha value is -2.82. The Morgan fingerprint density at radius 2 is 1.00 bits per heavy atom. The van der Waals surface area contributed by atoms with Gasteiger partial charge in [0.25, 0.3) is 0 Å². The van der Waals surface area contributed by atoms with Gasteiger partial charge in [-0.15, -0.1) is 5.10 Å². The lowest BCUT2D eigenvalue weighted by Gasteiger charge is -2.25. The molecule has 1 heterocycles. The monoisotopic (exact) mass is 731 g/mol. The molecule has 0 amide bonds. The Balaban J connectivity index is 1.32. The van der Waals surface area contributed by atoms with Crippen LogP contribution in [0.25, 0.3) is 0 Å². The highest BCUT2D eigenvalue weighted by atomic mass is 16.5. The summed E-state index contributed by atoms with van der Waals surface area (Å²) in [5.41, 5.74) is 2.07. The highest BCUT2D eigenvalue weighted by molar-refractivity contribution is 5.91. The van der Waals surface area contributed by atoms with Crippen LogP contribution >= 0.6 is 0 Å². The fourth-order valence-electron chi connectivity index (χ4n) is 7.62. The lowest BCUT2D eigenvalue weighted by molar-refractivity contribution is -0.135. The molecule has 0 radical (unpaired) electrons. The van der Waals surface area contributed by atoms with Gasteiger partial charge >= 0.3 is 5.97 Å². The third-order valence-electron chi connectivity index (χ3n) is 10.9. The zero-order valence-electron chi connectivity index (χ0n) is 34.3. The van der Waals surface area contributed by atoms with Gasteiger partial charge in [-0.2, -0.15) is 0 Å². The van der Waals surface area contributed by atoms with Crippen LogP contribution in [0.15, 0.2) is 59.7 Å². The molecule has 0 fully saturated rings. The molecule has 5 nitrogen and oxygen atoms in total. The van der Waals surface area contributed by atoms with E-state index in [-0.39, 0.29) is 12.0 Å². The maximum absolute atomic E-state index is 12.9. The van der Waals surface area contributed by atoms with Gasteiger partial charge in [-0.25, -0.2) is 0 Å². The number of ether oxygens (including phenoxy) is 2. The summed E-state index contributed by atoms with van der Waals surface area (Å²) in [6.45, 7) is 5.29. The van der Waals surface area contributed by atoms with E-state index >= 15 is 0 Å². The molecular formula is C48H78N2O3. The Morgan fingerprint density at radius 3 is 1.51 bits per heavy atom. The largest absolute Gasteiger partial charge is 0.493 e. The minimum Gasteiger partial charge on any atom is -0.493 e. The topological polar surface area (TPSA) is 51.1 Å². The number of anilines is 1. The summed E-state index contributed by atoms with van der Waals surface area (Å²) in [5, 5.41) is 6.85. The summed E-state index contributed by atoms with van der Waals surface area (Å²) >= 11 is 0. The fourth-order valence-corrected chi connectivity index (χ4v) is 7.62. The quantitative estimate of drug-likeness (QED) is 0.0542. The van der Waals surface area contributed by atoms with E-state index in [0.29, 0.717) is 18.7 Å². The first-order valence-corrected chi connectivity index (χ1v) is 22.6. The maximum atomic E-state index is 12.9. The number of unbranched alkanes of at least 4 members (excludes halogenated alkanes) is 26. The first kappa shape index (κ1) is 44.6. The minimum absolute atomic E-state index is 0.0891. The first-order chi connectivity index (χ1) is 26.2. The van der Waals surface area contributed by atoms with Crippen molar-refractivity contribution in [3.63, 3.8) is 0 Å². The van der Waals surface area contributed by atoms with Crippen molar-refractivity contribution in [1.29, 1.82) is 0 Å². The minimum atomic E-state index is -0.168. The molecule has 5 heteroatoms. The van der Waals surface area contributed by atoms with Crippen molar-refractivity contribution in [3.05, 3.63) is 60.2 Å². The highest BCUT2D eigenvalue weighted by Gasteiger charge is 2.33. The van der Waals surface area contributed by atoms with Gasteiger partial charge in [-0.05, 0) is 31.0 Å². The maximum Gasteiger partial charge on any atom is 0.312 e. The fraction of sp³-hybridized carbons (Fsp3) is 0.708. The second kappa shape index (κ2) is 30.5. The summed E-state index contributed by atoms with van der Waals surface area (Å²) in [7, 11) is 0. The summed E-state index contributed by atoms with van der Waals surface area (Å²) in [4.78, 5) is 12.9. The van der Waals surface area contributed by atoms with E-state index in [2.05, 4.69) is 44.2 Å². The molecule has 0 bridgehead atoms. The molecule has 53 heavy (non-hydrogen) atoms. The third kappa shape index (κ3) is 20.4. The molecule has 1 unspecified atom stereocenters. The van der Waals surface area contributed by atoms with Gasteiger partial charge in [-0.3, -0.25) is 9.80 Å². The molecule has 2 aromatic carbocycles. The van der Waals surface area contributed by atoms with Gasteiger partial charge in [0.15, 0.2) is 0 Å². The Labute approximate surface area is 326 Å². The number of hydrogen-bond acceptors (Lipinski definition) is 5. The molecule has 1 aliphatic heterocycles. The lowest BCUT2D eigenvalue weighted by atomic mass is 10.0. The van der Waals surface area contributed by atoms with E-state index < -0.39 is 0 Å². The molecule has 0 spiro atoms. The van der Waals surface area contributed by atoms with Crippen LogP contribution in [-0.4, -0.2) is 18.5 Å². The number of hydrogen-bond donors (Lipinski definition) is 0. The summed E-state index contributed by atoms with van der Waals surface area (Å²) < 4.78 is 12.3. The molecule has 298 valence electrons. The van der Waals surface area contributed by atoms with Crippen LogP contribution in [0.4, 0.5) is 5.69 Å². The van der Waals surface area contributed by atoms with Crippen LogP contribution in [-0.2, 0) is 9.53 Å². The molecule has 1 atom stereocenters. The van der Waals surface area contributed by atoms with E-state index in [1.54, 1.807) is 0 Å². The average molecular weight is 731 g/mol. The van der Waals surface area contributed by atoms with Gasteiger partial charge in [0, 0.05) is 12.0 Å². The predicted octanol–water partition coefficient (Wildman–Crippen LogP) is 15.2. The van der Waals surface area contributed by atoms with Gasteiger partial charge in [0.05, 0.1) is 24.8 Å². The number of esters is 1. The predicted molar refractivity (Wildman–Crippen MR) is 227 cm³/mol. The van der Waals surface area contributed by atoms with Crippen LogP contribution in [0.1, 0.15) is 218 Å². The Bertz CT molecular complexity index is 1200. The lowest BCUT2D eigenvalue weighted by Crippen LogP contribution is -2.19. The molecule has 0 N–H and O–H groups in total. The summed E-state index contributed by atoms with van der Waals surface area (Å²) in [6.07, 6.45) is 38.1. The van der Waals surface area contributed by atoms with Crippen molar-refractivity contribution in [2.24, 2.45) is 5.10 Å². The molecule has 1 aliphatic rings. The van der Waals surface area contributed by atoms with Crippen molar-refractivity contribution in [3.8, 4) is 5.75 Å². The number of hydrazone groups is 1. The SMILES string of the molecule is CCCCCCCCCCCCCCCCOc1ccccc1C1CC(OC(=O)CCCCCCCCCCCCCCCC)=NN1c1ccccc1. The number of rotatable bonds is 33. The highest BCUT2D eigenvalue weighted by Crippen LogP contribution is 2.39. The van der Waals surface area contributed by atoms with Crippen LogP contribution in [0.2, 0.25) is 0 Å². The standard InChI is InChI=1S/C48H78N2O3/c1-3-5-7-9-11-13-15-17-19-21-23-25-27-32-40-48(51)53-47-42-45(50(49-47)43-36-30-29-31-37-43)44-38-33-34-39-46(44)52-41-35-28-26-24-22-20-18-16-14-12-10-8-6-4-2/h29-31,33-34,36-39,45H,3-28,32,35,40-42H2,1-2H3. The van der Waals surface area contributed by atoms with Crippen LogP contribution in [0.5, 0.6) is 5.75 Å². The van der Waals surface area contributed by atoms with Crippen molar-refractivity contribution < 1.29 is 14.3 Å². The molecular weight excluding hydrogens is 653 g/mol. The Morgan fingerprint density at radius 1 is 0.566 bits per heavy atom. The van der Waals surface area contributed by atoms with Crippen molar-refractivity contribution in [1.82, 2.24) is 0 Å². The normalized spacial score (nSPS) is 14.1. The van der Waals surface area contributed by atoms with Crippen LogP contribution in [0.3, 0.4) is 0 Å².